The lowest BCUT2D eigenvalue weighted by Crippen LogP contribution is -2.56. The van der Waals surface area contributed by atoms with Gasteiger partial charge in [0.25, 0.3) is 0 Å². The zero-order valence-electron chi connectivity index (χ0n) is 28.9. The Hall–Kier alpha value is -2.03. The number of aromatic hydroxyl groups is 1. The van der Waals surface area contributed by atoms with Crippen molar-refractivity contribution in [3.63, 3.8) is 0 Å². The van der Waals surface area contributed by atoms with E-state index in [1.807, 2.05) is 12.1 Å². The third-order valence-electron chi connectivity index (χ3n) is 15.9. The number of fused-ring (bicyclic) bond motifs is 2. The summed E-state index contributed by atoms with van der Waals surface area (Å²) in [4.78, 5) is 12.9. The second kappa shape index (κ2) is 11.0. The summed E-state index contributed by atoms with van der Waals surface area (Å²) in [7, 11) is 0. The third kappa shape index (κ3) is 4.67. The maximum atomic E-state index is 12.9. The molecule has 0 bridgehead atoms. The highest BCUT2D eigenvalue weighted by Crippen LogP contribution is 2.88. The van der Waals surface area contributed by atoms with Crippen LogP contribution < -0.4 is 0 Å². The van der Waals surface area contributed by atoms with Gasteiger partial charge in [0.2, 0.25) is 0 Å². The van der Waals surface area contributed by atoms with Gasteiger partial charge in [-0.05, 0) is 164 Å². The van der Waals surface area contributed by atoms with Crippen LogP contribution in [0.3, 0.4) is 0 Å². The van der Waals surface area contributed by atoms with E-state index in [4.69, 9.17) is 4.74 Å². The molecular formula is C41H60O3. The molecule has 1 aromatic carbocycles. The standard InChI is InChI=1S/C41H60O3/c1-9-37(6,27(2)3)21-18-28(4)32-19-22-39(8)35-16-15-33-29(5)34(44-36(43)17-12-30-10-13-31(42)14-11-30)20-23-40(33)26-41(35,40)25-24-38(32,39)7/h10-14,17,28-29,32-35,42H,2,9,15-16,18-26H2,1,3-8H3/b17-12-/t28-,29+,32-,33+,34+,35-,37-,38-,39+,40-,41+/m1/s1. The van der Waals surface area contributed by atoms with Crippen molar-refractivity contribution in [1.29, 1.82) is 0 Å². The van der Waals surface area contributed by atoms with Crippen molar-refractivity contribution in [3.05, 3.63) is 48.1 Å². The monoisotopic (exact) mass is 600 g/mol. The van der Waals surface area contributed by atoms with Crippen molar-refractivity contribution < 1.29 is 14.6 Å². The van der Waals surface area contributed by atoms with Gasteiger partial charge in [0.1, 0.15) is 11.9 Å². The third-order valence-corrected chi connectivity index (χ3v) is 15.9. The Balaban J connectivity index is 1.12. The molecule has 242 valence electrons. The Kier molecular flexibility index (Phi) is 8.02. The lowest BCUT2D eigenvalue weighted by atomic mass is 9.43. The molecule has 6 rings (SSSR count). The van der Waals surface area contributed by atoms with Crippen LogP contribution in [0.5, 0.6) is 5.75 Å². The Morgan fingerprint density at radius 3 is 2.48 bits per heavy atom. The number of benzene rings is 1. The summed E-state index contributed by atoms with van der Waals surface area (Å²) in [5.41, 5.74) is 4.44. The number of ether oxygens (including phenoxy) is 1. The topological polar surface area (TPSA) is 46.5 Å². The van der Waals surface area contributed by atoms with Crippen LogP contribution in [-0.4, -0.2) is 17.2 Å². The highest BCUT2D eigenvalue weighted by atomic mass is 16.5. The van der Waals surface area contributed by atoms with E-state index >= 15 is 0 Å². The number of allylic oxidation sites excluding steroid dienone is 1. The van der Waals surface area contributed by atoms with Crippen LogP contribution in [0.1, 0.15) is 131 Å². The molecule has 1 aromatic rings. The maximum Gasteiger partial charge on any atom is 0.331 e. The average Bonchev–Trinajstić information content (AvgIpc) is 3.58. The fraction of sp³-hybridized carbons (Fsp3) is 0.732. The van der Waals surface area contributed by atoms with Gasteiger partial charge in [0.15, 0.2) is 0 Å². The molecular weight excluding hydrogens is 540 g/mol. The number of hydrogen-bond donors (Lipinski definition) is 1. The average molecular weight is 601 g/mol. The van der Waals surface area contributed by atoms with Crippen molar-refractivity contribution in [2.24, 2.45) is 56.7 Å². The molecule has 5 aliphatic rings. The lowest BCUT2D eigenvalue weighted by molar-refractivity contribution is -0.162. The van der Waals surface area contributed by atoms with Crippen LogP contribution in [0.15, 0.2) is 42.5 Å². The fourth-order valence-electron chi connectivity index (χ4n) is 12.5. The van der Waals surface area contributed by atoms with E-state index in [0.717, 1.165) is 29.7 Å². The number of rotatable bonds is 9. The molecule has 0 saturated heterocycles. The Bertz CT molecular complexity index is 1300. The number of esters is 1. The number of carbonyl (C=O) groups excluding carboxylic acids is 1. The van der Waals surface area contributed by atoms with Crippen LogP contribution in [0.4, 0.5) is 0 Å². The van der Waals surface area contributed by atoms with Crippen molar-refractivity contribution >= 4 is 12.0 Å². The smallest absolute Gasteiger partial charge is 0.331 e. The van der Waals surface area contributed by atoms with Crippen molar-refractivity contribution in [3.8, 4) is 5.75 Å². The summed E-state index contributed by atoms with van der Waals surface area (Å²) in [6.07, 6.45) is 19.2. The van der Waals surface area contributed by atoms with Gasteiger partial charge < -0.3 is 9.84 Å². The van der Waals surface area contributed by atoms with E-state index in [1.54, 1.807) is 24.3 Å². The second-order valence-corrected chi connectivity index (χ2v) is 17.2. The largest absolute Gasteiger partial charge is 0.508 e. The first kappa shape index (κ1) is 31.9. The van der Waals surface area contributed by atoms with Gasteiger partial charge in [-0.3, -0.25) is 0 Å². The molecule has 0 heterocycles. The van der Waals surface area contributed by atoms with E-state index in [1.165, 1.54) is 76.2 Å². The number of phenols is 1. The Morgan fingerprint density at radius 1 is 1.07 bits per heavy atom. The highest BCUT2D eigenvalue weighted by Gasteiger charge is 2.81. The van der Waals surface area contributed by atoms with Crippen molar-refractivity contribution in [1.82, 2.24) is 0 Å². The molecule has 5 fully saturated rings. The minimum Gasteiger partial charge on any atom is -0.508 e. The quantitative estimate of drug-likeness (QED) is 0.174. The second-order valence-electron chi connectivity index (χ2n) is 17.2. The van der Waals surface area contributed by atoms with Crippen LogP contribution in [-0.2, 0) is 9.53 Å². The Morgan fingerprint density at radius 2 is 1.80 bits per heavy atom. The predicted octanol–water partition coefficient (Wildman–Crippen LogP) is 10.8. The predicted molar refractivity (Wildman–Crippen MR) is 181 cm³/mol. The first-order chi connectivity index (χ1) is 20.8. The van der Waals surface area contributed by atoms with Crippen LogP contribution in [0.2, 0.25) is 0 Å². The summed E-state index contributed by atoms with van der Waals surface area (Å²) < 4.78 is 6.13. The molecule has 11 atom stereocenters. The molecule has 2 spiro atoms. The number of hydrogen-bond acceptors (Lipinski definition) is 3. The first-order valence-electron chi connectivity index (χ1n) is 18.1. The van der Waals surface area contributed by atoms with Gasteiger partial charge in [0.05, 0.1) is 0 Å². The van der Waals surface area contributed by atoms with Crippen molar-refractivity contribution in [2.45, 2.75) is 132 Å². The van der Waals surface area contributed by atoms with Gasteiger partial charge in [-0.25, -0.2) is 4.79 Å². The van der Waals surface area contributed by atoms with Crippen LogP contribution >= 0.6 is 0 Å². The van der Waals surface area contributed by atoms with Crippen LogP contribution in [0, 0.1) is 56.7 Å². The summed E-state index contributed by atoms with van der Waals surface area (Å²) in [5, 5.41) is 9.52. The summed E-state index contributed by atoms with van der Waals surface area (Å²) in [6, 6.07) is 6.91. The summed E-state index contributed by atoms with van der Waals surface area (Å²) in [5.74, 6) is 3.58. The minimum absolute atomic E-state index is 0.0194. The van der Waals surface area contributed by atoms with E-state index in [2.05, 4.69) is 55.0 Å². The van der Waals surface area contributed by atoms with Crippen molar-refractivity contribution in [2.75, 3.05) is 0 Å². The molecule has 5 saturated carbocycles. The molecule has 3 heteroatoms. The maximum absolute atomic E-state index is 12.9. The lowest BCUT2D eigenvalue weighted by Gasteiger charge is -2.62. The molecule has 1 N–H and O–H groups in total. The zero-order chi connectivity index (χ0) is 31.7. The van der Waals surface area contributed by atoms with E-state index in [0.29, 0.717) is 33.5 Å². The first-order valence-corrected chi connectivity index (χ1v) is 18.1. The van der Waals surface area contributed by atoms with Gasteiger partial charge in [-0.15, -0.1) is 0 Å². The SMILES string of the molecule is C=C(C)[C@](C)(CC)CC[C@@H](C)[C@H]1CC[C@@]2(C)[C@H]3CC[C@H]4[C@H](C)[C@@H](OC(=O)/C=C\c5ccc(O)cc5)CC[C@@]45C[C@@]35CC[C@]12C. The Labute approximate surface area is 268 Å². The van der Waals surface area contributed by atoms with E-state index < -0.39 is 0 Å². The fourth-order valence-corrected chi connectivity index (χ4v) is 12.5. The van der Waals surface area contributed by atoms with Gasteiger partial charge >= 0.3 is 5.97 Å². The van der Waals surface area contributed by atoms with Gasteiger partial charge in [-0.1, -0.05) is 65.8 Å². The molecule has 0 aliphatic heterocycles. The van der Waals surface area contributed by atoms with Crippen LogP contribution in [0.25, 0.3) is 6.08 Å². The molecule has 5 aliphatic carbocycles. The normalized spacial score (nSPS) is 42.8. The minimum atomic E-state index is -0.236. The summed E-state index contributed by atoms with van der Waals surface area (Å²) >= 11 is 0. The number of carbonyl (C=O) groups is 1. The molecule has 44 heavy (non-hydrogen) atoms. The molecule has 0 amide bonds. The number of phenolic OH excluding ortho intramolecular Hbond substituents is 1. The van der Waals surface area contributed by atoms with E-state index in [-0.39, 0.29) is 23.2 Å². The molecule has 0 radical (unpaired) electrons. The molecule has 0 aromatic heterocycles. The van der Waals surface area contributed by atoms with Gasteiger partial charge in [0, 0.05) is 6.08 Å². The van der Waals surface area contributed by atoms with E-state index in [9.17, 15) is 9.90 Å². The zero-order valence-corrected chi connectivity index (χ0v) is 28.9. The highest BCUT2D eigenvalue weighted by molar-refractivity contribution is 5.87. The summed E-state index contributed by atoms with van der Waals surface area (Å²) in [6.45, 7) is 21.8. The molecule has 0 unspecified atom stereocenters. The molecule has 3 nitrogen and oxygen atoms in total. The van der Waals surface area contributed by atoms with Gasteiger partial charge in [-0.2, -0.15) is 0 Å².